The van der Waals surface area contributed by atoms with Gasteiger partial charge in [0.25, 0.3) is 0 Å². The second-order valence-corrected chi connectivity index (χ2v) is 5.39. The van der Waals surface area contributed by atoms with Gasteiger partial charge in [-0.2, -0.15) is 0 Å². The highest BCUT2D eigenvalue weighted by Gasteiger charge is 2.15. The van der Waals surface area contributed by atoms with Crippen LogP contribution in [-0.4, -0.2) is 5.75 Å². The summed E-state index contributed by atoms with van der Waals surface area (Å²) in [5.74, 6) is -1.19. The molecule has 2 rings (SSSR count). The van der Waals surface area contributed by atoms with Crippen molar-refractivity contribution in [3.05, 3.63) is 65.2 Å². The zero-order chi connectivity index (χ0) is 13.8. The molecule has 0 aliphatic rings. The monoisotopic (exact) mass is 279 g/mol. The van der Waals surface area contributed by atoms with Gasteiger partial charge in [0.2, 0.25) is 0 Å². The molecule has 4 heteroatoms. The first-order valence-electron chi connectivity index (χ1n) is 5.97. The van der Waals surface area contributed by atoms with E-state index in [1.165, 1.54) is 12.1 Å². The molecule has 100 valence electrons. The Kier molecular flexibility index (Phi) is 4.56. The van der Waals surface area contributed by atoms with Crippen LogP contribution in [0.1, 0.15) is 17.2 Å². The lowest BCUT2D eigenvalue weighted by Gasteiger charge is -2.13. The Morgan fingerprint density at radius 2 is 1.84 bits per heavy atom. The Labute approximate surface area is 115 Å². The van der Waals surface area contributed by atoms with Crippen LogP contribution in [-0.2, 0) is 0 Å². The molecule has 0 radical (unpaired) electrons. The van der Waals surface area contributed by atoms with E-state index < -0.39 is 17.7 Å². The van der Waals surface area contributed by atoms with Gasteiger partial charge in [0.15, 0.2) is 11.6 Å². The molecule has 0 saturated heterocycles. The van der Waals surface area contributed by atoms with Gasteiger partial charge in [0.05, 0.1) is 0 Å². The van der Waals surface area contributed by atoms with Crippen molar-refractivity contribution >= 4 is 11.8 Å². The number of thioether (sulfide) groups is 1. The fourth-order valence-corrected chi connectivity index (χ4v) is 2.80. The maximum atomic E-state index is 13.6. The number of nitrogens with two attached hydrogens (primary N) is 1. The highest BCUT2D eigenvalue weighted by molar-refractivity contribution is 7.99. The van der Waals surface area contributed by atoms with Crippen molar-refractivity contribution in [2.75, 3.05) is 5.75 Å². The zero-order valence-electron chi connectivity index (χ0n) is 10.6. The molecular weight excluding hydrogens is 264 g/mol. The van der Waals surface area contributed by atoms with E-state index >= 15 is 0 Å². The van der Waals surface area contributed by atoms with Crippen LogP contribution in [0.3, 0.4) is 0 Å². The lowest BCUT2D eigenvalue weighted by molar-refractivity contribution is 0.493. The SMILES string of the molecule is Cc1ccccc1SCC(N)c1cccc(F)c1F. The molecule has 1 atom stereocenters. The third-order valence-electron chi connectivity index (χ3n) is 2.89. The first-order valence-corrected chi connectivity index (χ1v) is 6.96. The predicted molar refractivity (Wildman–Crippen MR) is 75.2 cm³/mol. The van der Waals surface area contributed by atoms with Crippen molar-refractivity contribution in [2.45, 2.75) is 17.9 Å². The third-order valence-corrected chi connectivity index (χ3v) is 4.19. The van der Waals surface area contributed by atoms with Crippen molar-refractivity contribution in [3.8, 4) is 0 Å². The number of rotatable bonds is 4. The van der Waals surface area contributed by atoms with Crippen LogP contribution in [0.5, 0.6) is 0 Å². The molecule has 2 aromatic rings. The topological polar surface area (TPSA) is 26.0 Å². The van der Waals surface area contributed by atoms with Gasteiger partial charge in [0, 0.05) is 22.3 Å². The van der Waals surface area contributed by atoms with E-state index in [1.807, 2.05) is 31.2 Å². The van der Waals surface area contributed by atoms with E-state index in [0.717, 1.165) is 16.5 Å². The Morgan fingerprint density at radius 1 is 1.11 bits per heavy atom. The summed E-state index contributed by atoms with van der Waals surface area (Å²) in [5.41, 5.74) is 7.31. The Bertz CT molecular complexity index is 572. The molecule has 0 aliphatic carbocycles. The molecule has 19 heavy (non-hydrogen) atoms. The summed E-state index contributed by atoms with van der Waals surface area (Å²) in [4.78, 5) is 1.11. The van der Waals surface area contributed by atoms with Crippen LogP contribution in [0.4, 0.5) is 8.78 Å². The largest absolute Gasteiger partial charge is 0.323 e. The predicted octanol–water partition coefficient (Wildman–Crippen LogP) is 4.07. The van der Waals surface area contributed by atoms with Crippen LogP contribution in [0.2, 0.25) is 0 Å². The van der Waals surface area contributed by atoms with Gasteiger partial charge in [-0.25, -0.2) is 8.78 Å². The smallest absolute Gasteiger partial charge is 0.163 e. The summed E-state index contributed by atoms with van der Waals surface area (Å²) in [7, 11) is 0. The second kappa shape index (κ2) is 6.17. The summed E-state index contributed by atoms with van der Waals surface area (Å²) in [6, 6.07) is 11.5. The molecule has 0 fully saturated rings. The highest BCUT2D eigenvalue weighted by atomic mass is 32.2. The van der Waals surface area contributed by atoms with Gasteiger partial charge in [0.1, 0.15) is 0 Å². The van der Waals surface area contributed by atoms with E-state index in [9.17, 15) is 8.78 Å². The molecule has 0 amide bonds. The number of benzene rings is 2. The first kappa shape index (κ1) is 14.0. The van der Waals surface area contributed by atoms with Gasteiger partial charge < -0.3 is 5.73 Å². The Hall–Kier alpha value is -1.39. The Balaban J connectivity index is 2.08. The fraction of sp³-hybridized carbons (Fsp3) is 0.200. The minimum absolute atomic E-state index is 0.223. The number of halogens is 2. The molecular formula is C15H15F2NS. The van der Waals surface area contributed by atoms with Gasteiger partial charge in [-0.15, -0.1) is 11.8 Å². The number of hydrogen-bond acceptors (Lipinski definition) is 2. The quantitative estimate of drug-likeness (QED) is 0.854. The summed E-state index contributed by atoms with van der Waals surface area (Å²) in [5, 5.41) is 0. The standard InChI is InChI=1S/C15H15F2NS/c1-10-5-2-3-8-14(10)19-9-13(18)11-6-4-7-12(16)15(11)17/h2-8,13H,9,18H2,1H3. The summed E-state index contributed by atoms with van der Waals surface area (Å²) in [6.45, 7) is 2.01. The normalized spacial score (nSPS) is 12.4. The van der Waals surface area contributed by atoms with Crippen molar-refractivity contribution in [3.63, 3.8) is 0 Å². The summed E-state index contributed by atoms with van der Waals surface area (Å²) < 4.78 is 26.7. The highest BCUT2D eigenvalue weighted by Crippen LogP contribution is 2.27. The molecule has 0 aliphatic heterocycles. The van der Waals surface area contributed by atoms with Gasteiger partial charge >= 0.3 is 0 Å². The van der Waals surface area contributed by atoms with Crippen molar-refractivity contribution in [1.29, 1.82) is 0 Å². The third kappa shape index (κ3) is 3.33. The zero-order valence-corrected chi connectivity index (χ0v) is 11.4. The molecule has 0 saturated carbocycles. The van der Waals surface area contributed by atoms with E-state index in [-0.39, 0.29) is 5.56 Å². The number of aryl methyl sites for hydroxylation is 1. The molecule has 0 aromatic heterocycles. The molecule has 2 N–H and O–H groups in total. The fourth-order valence-electron chi connectivity index (χ4n) is 1.79. The summed E-state index contributed by atoms with van der Waals surface area (Å²) >= 11 is 1.55. The molecule has 2 aromatic carbocycles. The Morgan fingerprint density at radius 3 is 2.58 bits per heavy atom. The maximum Gasteiger partial charge on any atom is 0.163 e. The van der Waals surface area contributed by atoms with Crippen molar-refractivity contribution in [2.24, 2.45) is 5.73 Å². The van der Waals surface area contributed by atoms with Gasteiger partial charge in [-0.1, -0.05) is 30.3 Å². The van der Waals surface area contributed by atoms with E-state index in [1.54, 1.807) is 11.8 Å². The second-order valence-electron chi connectivity index (χ2n) is 4.33. The van der Waals surface area contributed by atoms with Gasteiger partial charge in [-0.05, 0) is 24.6 Å². The molecule has 1 unspecified atom stereocenters. The van der Waals surface area contributed by atoms with Gasteiger partial charge in [-0.3, -0.25) is 0 Å². The molecule has 0 heterocycles. The number of hydrogen-bond donors (Lipinski definition) is 1. The van der Waals surface area contributed by atoms with Crippen molar-refractivity contribution < 1.29 is 8.78 Å². The maximum absolute atomic E-state index is 13.6. The minimum atomic E-state index is -0.853. The van der Waals surface area contributed by atoms with E-state index in [2.05, 4.69) is 0 Å². The average molecular weight is 279 g/mol. The first-order chi connectivity index (χ1) is 9.09. The minimum Gasteiger partial charge on any atom is -0.323 e. The average Bonchev–Trinajstić information content (AvgIpc) is 2.40. The van der Waals surface area contributed by atoms with E-state index in [0.29, 0.717) is 5.75 Å². The molecule has 0 bridgehead atoms. The molecule has 0 spiro atoms. The lowest BCUT2D eigenvalue weighted by Crippen LogP contribution is -2.15. The van der Waals surface area contributed by atoms with Crippen molar-refractivity contribution in [1.82, 2.24) is 0 Å². The summed E-state index contributed by atoms with van der Waals surface area (Å²) in [6.07, 6.45) is 0. The van der Waals surface area contributed by atoms with Crippen LogP contribution >= 0.6 is 11.8 Å². The van der Waals surface area contributed by atoms with Crippen LogP contribution in [0, 0.1) is 18.6 Å². The molecule has 1 nitrogen and oxygen atoms in total. The van der Waals surface area contributed by atoms with Crippen LogP contribution in [0.15, 0.2) is 47.4 Å². The van der Waals surface area contributed by atoms with Crippen LogP contribution < -0.4 is 5.73 Å². The lowest BCUT2D eigenvalue weighted by atomic mass is 10.1. The van der Waals surface area contributed by atoms with Crippen LogP contribution in [0.25, 0.3) is 0 Å². The van der Waals surface area contributed by atoms with E-state index in [4.69, 9.17) is 5.73 Å².